The highest BCUT2D eigenvalue weighted by molar-refractivity contribution is 7.98. The van der Waals surface area contributed by atoms with E-state index < -0.39 is 0 Å². The standard InChI is InChI=1S/C21H20ClN3O4S/c1-13-8-15(25-29-13)12-30-21-16(4-2-5-23-21)20(26)24-11-14-9-17(22)19-18(10-14)27-6-3-7-28-19/h2,4-5,8-10H,3,6-7,11-12H2,1H3,(H,24,26). The summed E-state index contributed by atoms with van der Waals surface area (Å²) >= 11 is 7.77. The van der Waals surface area contributed by atoms with E-state index in [1.807, 2.05) is 19.1 Å². The summed E-state index contributed by atoms with van der Waals surface area (Å²) in [6, 6.07) is 8.98. The number of rotatable bonds is 6. The molecule has 3 heterocycles. The van der Waals surface area contributed by atoms with Crippen LogP contribution in [0.4, 0.5) is 0 Å². The Morgan fingerprint density at radius 2 is 2.13 bits per heavy atom. The molecular formula is C21H20ClN3O4S. The van der Waals surface area contributed by atoms with Crippen LogP contribution in [0, 0.1) is 6.92 Å². The van der Waals surface area contributed by atoms with Gasteiger partial charge in [0.2, 0.25) is 0 Å². The van der Waals surface area contributed by atoms with Crippen molar-refractivity contribution in [2.24, 2.45) is 0 Å². The summed E-state index contributed by atoms with van der Waals surface area (Å²) in [5.74, 6) is 2.25. The molecule has 0 bridgehead atoms. The van der Waals surface area contributed by atoms with Gasteiger partial charge in [-0.25, -0.2) is 4.98 Å². The molecular weight excluding hydrogens is 426 g/mol. The quantitative estimate of drug-likeness (QED) is 0.562. The predicted octanol–water partition coefficient (Wildman–Crippen LogP) is 4.42. The normalized spacial score (nSPS) is 13.0. The Kier molecular flexibility index (Phi) is 6.44. The van der Waals surface area contributed by atoms with E-state index in [1.54, 1.807) is 24.4 Å². The zero-order chi connectivity index (χ0) is 20.9. The molecule has 0 saturated carbocycles. The Morgan fingerprint density at radius 1 is 1.27 bits per heavy atom. The number of benzene rings is 1. The van der Waals surface area contributed by atoms with Gasteiger partial charge in [0.25, 0.3) is 5.91 Å². The fourth-order valence-corrected chi connectivity index (χ4v) is 4.13. The third-order valence-electron chi connectivity index (χ3n) is 4.36. The number of nitrogens with one attached hydrogen (secondary N) is 1. The highest BCUT2D eigenvalue weighted by atomic mass is 35.5. The minimum atomic E-state index is -0.217. The number of amides is 1. The van der Waals surface area contributed by atoms with Crippen LogP contribution in [0.3, 0.4) is 0 Å². The summed E-state index contributed by atoms with van der Waals surface area (Å²) in [5.41, 5.74) is 2.13. The van der Waals surface area contributed by atoms with Crippen molar-refractivity contribution in [1.82, 2.24) is 15.5 Å². The van der Waals surface area contributed by atoms with Crippen molar-refractivity contribution in [3.63, 3.8) is 0 Å². The van der Waals surface area contributed by atoms with E-state index in [-0.39, 0.29) is 5.91 Å². The minimum Gasteiger partial charge on any atom is -0.489 e. The second-order valence-electron chi connectivity index (χ2n) is 6.71. The monoisotopic (exact) mass is 445 g/mol. The maximum Gasteiger partial charge on any atom is 0.254 e. The van der Waals surface area contributed by atoms with Crippen molar-refractivity contribution < 1.29 is 18.8 Å². The molecule has 0 atom stereocenters. The Morgan fingerprint density at radius 3 is 2.97 bits per heavy atom. The summed E-state index contributed by atoms with van der Waals surface area (Å²) in [5, 5.41) is 8.00. The number of nitrogens with zero attached hydrogens (tertiary/aromatic N) is 2. The molecule has 0 aliphatic carbocycles. The van der Waals surface area contributed by atoms with Gasteiger partial charge in [-0.15, -0.1) is 0 Å². The van der Waals surface area contributed by atoms with Crippen molar-refractivity contribution in [1.29, 1.82) is 0 Å². The number of thioether (sulfide) groups is 1. The fourth-order valence-electron chi connectivity index (χ4n) is 2.97. The van der Waals surface area contributed by atoms with Crippen LogP contribution in [0.5, 0.6) is 11.5 Å². The van der Waals surface area contributed by atoms with E-state index in [0.717, 1.165) is 23.4 Å². The van der Waals surface area contributed by atoms with Crippen LogP contribution in [0.2, 0.25) is 5.02 Å². The third kappa shape index (κ3) is 4.88. The summed E-state index contributed by atoms with van der Waals surface area (Å²) in [6.07, 6.45) is 2.46. The number of fused-ring (bicyclic) bond motifs is 1. The highest BCUT2D eigenvalue weighted by Gasteiger charge is 2.17. The van der Waals surface area contributed by atoms with Crippen molar-refractivity contribution in [3.8, 4) is 11.5 Å². The number of hydrogen-bond donors (Lipinski definition) is 1. The van der Waals surface area contributed by atoms with Gasteiger partial charge in [0.1, 0.15) is 10.8 Å². The van der Waals surface area contributed by atoms with Gasteiger partial charge in [0.15, 0.2) is 11.5 Å². The zero-order valence-corrected chi connectivity index (χ0v) is 17.9. The van der Waals surface area contributed by atoms with Crippen LogP contribution in [0.15, 0.2) is 46.1 Å². The number of ether oxygens (including phenoxy) is 2. The van der Waals surface area contributed by atoms with E-state index in [2.05, 4.69) is 15.5 Å². The number of aryl methyl sites for hydroxylation is 1. The van der Waals surface area contributed by atoms with Gasteiger partial charge in [-0.1, -0.05) is 28.5 Å². The van der Waals surface area contributed by atoms with Crippen molar-refractivity contribution in [2.45, 2.75) is 30.7 Å². The second-order valence-corrected chi connectivity index (χ2v) is 8.08. The molecule has 1 aromatic carbocycles. The van der Waals surface area contributed by atoms with E-state index in [4.69, 9.17) is 25.6 Å². The van der Waals surface area contributed by atoms with Gasteiger partial charge < -0.3 is 19.3 Å². The number of aromatic nitrogens is 2. The molecule has 9 heteroatoms. The Bertz CT molecular complexity index is 1060. The smallest absolute Gasteiger partial charge is 0.254 e. The largest absolute Gasteiger partial charge is 0.489 e. The Balaban J connectivity index is 1.43. The molecule has 156 valence electrons. The topological polar surface area (TPSA) is 86.5 Å². The lowest BCUT2D eigenvalue weighted by Crippen LogP contribution is -2.23. The first-order valence-electron chi connectivity index (χ1n) is 9.46. The number of halogens is 1. The SMILES string of the molecule is Cc1cc(CSc2ncccc2C(=O)NCc2cc(Cl)c3c(c2)OCCCO3)no1. The molecule has 7 nitrogen and oxygen atoms in total. The molecule has 1 aliphatic heterocycles. The van der Waals surface area contributed by atoms with Crippen LogP contribution in [0.1, 0.15) is 33.8 Å². The van der Waals surface area contributed by atoms with Gasteiger partial charge in [-0.3, -0.25) is 4.79 Å². The molecule has 30 heavy (non-hydrogen) atoms. The van der Waals surface area contributed by atoms with Gasteiger partial charge >= 0.3 is 0 Å². The first-order chi connectivity index (χ1) is 14.6. The summed E-state index contributed by atoms with van der Waals surface area (Å²) in [6.45, 7) is 3.28. The van der Waals surface area contributed by atoms with Gasteiger partial charge in [-0.05, 0) is 36.8 Å². The predicted molar refractivity (Wildman–Crippen MR) is 113 cm³/mol. The molecule has 0 radical (unpaired) electrons. The molecule has 0 fully saturated rings. The molecule has 1 amide bonds. The number of hydrogen-bond acceptors (Lipinski definition) is 7. The van der Waals surface area contributed by atoms with E-state index in [1.165, 1.54) is 11.8 Å². The number of carbonyl (C=O) groups is 1. The lowest BCUT2D eigenvalue weighted by molar-refractivity contribution is 0.0947. The van der Waals surface area contributed by atoms with Gasteiger partial charge in [0, 0.05) is 31.0 Å². The maximum absolute atomic E-state index is 12.8. The lowest BCUT2D eigenvalue weighted by atomic mass is 10.2. The van der Waals surface area contributed by atoms with Crippen LogP contribution >= 0.6 is 23.4 Å². The van der Waals surface area contributed by atoms with E-state index in [0.29, 0.717) is 52.6 Å². The van der Waals surface area contributed by atoms with Gasteiger partial charge in [0.05, 0.1) is 29.5 Å². The first kappa shape index (κ1) is 20.6. The van der Waals surface area contributed by atoms with Crippen LogP contribution in [-0.4, -0.2) is 29.3 Å². The summed E-state index contributed by atoms with van der Waals surface area (Å²) < 4.78 is 16.4. The summed E-state index contributed by atoms with van der Waals surface area (Å²) in [4.78, 5) is 17.1. The molecule has 2 aromatic heterocycles. The number of pyridine rings is 1. The second kappa shape index (κ2) is 9.40. The van der Waals surface area contributed by atoms with E-state index >= 15 is 0 Å². The first-order valence-corrected chi connectivity index (χ1v) is 10.8. The van der Waals surface area contributed by atoms with Crippen molar-refractivity contribution in [2.75, 3.05) is 13.2 Å². The van der Waals surface area contributed by atoms with Crippen LogP contribution in [-0.2, 0) is 12.3 Å². The third-order valence-corrected chi connectivity index (χ3v) is 5.68. The van der Waals surface area contributed by atoms with E-state index in [9.17, 15) is 4.79 Å². The Labute approximate surface area is 183 Å². The molecule has 1 N–H and O–H groups in total. The molecule has 1 aliphatic rings. The van der Waals surface area contributed by atoms with Crippen LogP contribution < -0.4 is 14.8 Å². The Hall–Kier alpha value is -2.71. The molecule has 0 unspecified atom stereocenters. The van der Waals surface area contributed by atoms with Crippen LogP contribution in [0.25, 0.3) is 0 Å². The minimum absolute atomic E-state index is 0.217. The maximum atomic E-state index is 12.8. The molecule has 3 aromatic rings. The average Bonchev–Trinajstić information content (AvgIpc) is 3.01. The molecule has 0 spiro atoms. The summed E-state index contributed by atoms with van der Waals surface area (Å²) in [7, 11) is 0. The highest BCUT2D eigenvalue weighted by Crippen LogP contribution is 2.38. The molecule has 0 saturated heterocycles. The molecule has 4 rings (SSSR count). The average molecular weight is 446 g/mol. The number of carbonyl (C=O) groups excluding carboxylic acids is 1. The zero-order valence-electron chi connectivity index (χ0n) is 16.3. The fraction of sp³-hybridized carbons (Fsp3) is 0.286. The van der Waals surface area contributed by atoms with Crippen molar-refractivity contribution >= 4 is 29.3 Å². The lowest BCUT2D eigenvalue weighted by Gasteiger charge is -2.13. The van der Waals surface area contributed by atoms with Crippen molar-refractivity contribution in [3.05, 3.63) is 64.1 Å². The van der Waals surface area contributed by atoms with Gasteiger partial charge in [-0.2, -0.15) is 0 Å².